The maximum atomic E-state index is 2.50. The van der Waals surface area contributed by atoms with Gasteiger partial charge in [-0.1, -0.05) is 12.8 Å². The summed E-state index contributed by atoms with van der Waals surface area (Å²) in [5.74, 6) is 2.22. The molecule has 0 aromatic rings. The lowest BCUT2D eigenvalue weighted by atomic mass is 9.82. The molecule has 0 radical (unpaired) electrons. The SMILES string of the molecule is C1CC[C@H]2C[NH2+]C[C@H]2C1. The van der Waals surface area contributed by atoms with Crippen molar-refractivity contribution >= 4 is 0 Å². The first-order valence-electron chi connectivity index (χ1n) is 4.28. The molecule has 2 atom stereocenters. The molecule has 1 heterocycles. The minimum absolute atomic E-state index is 1.11. The molecule has 1 saturated carbocycles. The van der Waals surface area contributed by atoms with E-state index in [1.165, 1.54) is 38.8 Å². The topological polar surface area (TPSA) is 16.6 Å². The van der Waals surface area contributed by atoms with Crippen molar-refractivity contribution in [1.82, 2.24) is 0 Å². The van der Waals surface area contributed by atoms with Gasteiger partial charge < -0.3 is 5.32 Å². The summed E-state index contributed by atoms with van der Waals surface area (Å²) in [7, 11) is 0. The number of rotatable bonds is 0. The average Bonchev–Trinajstić information content (AvgIpc) is 2.33. The van der Waals surface area contributed by atoms with Gasteiger partial charge in [0.05, 0.1) is 13.1 Å². The fourth-order valence-electron chi connectivity index (χ4n) is 2.43. The van der Waals surface area contributed by atoms with Gasteiger partial charge in [0.2, 0.25) is 0 Å². The van der Waals surface area contributed by atoms with Crippen molar-refractivity contribution in [2.75, 3.05) is 13.1 Å². The van der Waals surface area contributed by atoms with Gasteiger partial charge in [0.15, 0.2) is 0 Å². The number of hydrogen-bond donors (Lipinski definition) is 1. The zero-order valence-electron chi connectivity index (χ0n) is 5.97. The highest BCUT2D eigenvalue weighted by atomic mass is 14.9. The Morgan fingerprint density at radius 3 is 2.00 bits per heavy atom. The maximum absolute atomic E-state index is 2.50. The Kier molecular flexibility index (Phi) is 1.46. The molecule has 2 rings (SSSR count). The Balaban J connectivity index is 1.97. The Bertz CT molecular complexity index is 88.7. The smallest absolute Gasteiger partial charge is 0.0788 e. The Morgan fingerprint density at radius 2 is 1.44 bits per heavy atom. The van der Waals surface area contributed by atoms with E-state index >= 15 is 0 Å². The van der Waals surface area contributed by atoms with E-state index in [-0.39, 0.29) is 0 Å². The van der Waals surface area contributed by atoms with Crippen LogP contribution in [-0.4, -0.2) is 13.1 Å². The summed E-state index contributed by atoms with van der Waals surface area (Å²) in [5.41, 5.74) is 0. The molecule has 1 nitrogen and oxygen atoms in total. The minimum atomic E-state index is 1.11. The van der Waals surface area contributed by atoms with E-state index in [9.17, 15) is 0 Å². The summed E-state index contributed by atoms with van der Waals surface area (Å²) in [4.78, 5) is 0. The molecule has 0 amide bonds. The highest BCUT2D eigenvalue weighted by molar-refractivity contribution is 4.76. The molecule has 2 fully saturated rings. The van der Waals surface area contributed by atoms with Gasteiger partial charge in [-0.3, -0.25) is 0 Å². The van der Waals surface area contributed by atoms with Crippen molar-refractivity contribution in [3.63, 3.8) is 0 Å². The Labute approximate surface area is 56.8 Å². The van der Waals surface area contributed by atoms with Gasteiger partial charge >= 0.3 is 0 Å². The first-order chi connectivity index (χ1) is 4.47. The second-order valence-electron chi connectivity index (χ2n) is 3.56. The van der Waals surface area contributed by atoms with Crippen LogP contribution in [0.2, 0.25) is 0 Å². The van der Waals surface area contributed by atoms with Crippen LogP contribution in [0.3, 0.4) is 0 Å². The molecule has 1 aliphatic carbocycles. The molecule has 2 aliphatic rings. The Hall–Kier alpha value is -0.0400. The fourth-order valence-corrected chi connectivity index (χ4v) is 2.43. The van der Waals surface area contributed by atoms with Crippen molar-refractivity contribution in [3.05, 3.63) is 0 Å². The quantitative estimate of drug-likeness (QED) is 0.483. The second kappa shape index (κ2) is 2.30. The molecular formula is C8H16N+. The molecule has 0 aromatic heterocycles. The lowest BCUT2D eigenvalue weighted by molar-refractivity contribution is -0.640. The zero-order chi connectivity index (χ0) is 6.10. The van der Waals surface area contributed by atoms with Crippen LogP contribution in [0.25, 0.3) is 0 Å². The summed E-state index contributed by atoms with van der Waals surface area (Å²) >= 11 is 0. The molecule has 0 bridgehead atoms. The van der Waals surface area contributed by atoms with E-state index in [0.717, 1.165) is 11.8 Å². The number of hydrogen-bond acceptors (Lipinski definition) is 0. The van der Waals surface area contributed by atoms with E-state index in [0.29, 0.717) is 0 Å². The molecule has 1 saturated heterocycles. The Morgan fingerprint density at radius 1 is 0.889 bits per heavy atom. The molecule has 1 aliphatic heterocycles. The third-order valence-corrected chi connectivity index (χ3v) is 3.01. The fraction of sp³-hybridized carbons (Fsp3) is 1.00. The van der Waals surface area contributed by atoms with E-state index in [1.54, 1.807) is 0 Å². The van der Waals surface area contributed by atoms with Crippen molar-refractivity contribution in [3.8, 4) is 0 Å². The molecule has 0 aromatic carbocycles. The first kappa shape index (κ1) is 5.72. The van der Waals surface area contributed by atoms with Crippen LogP contribution < -0.4 is 5.32 Å². The van der Waals surface area contributed by atoms with Gasteiger partial charge in [0.25, 0.3) is 0 Å². The highest BCUT2D eigenvalue weighted by Gasteiger charge is 2.31. The second-order valence-corrected chi connectivity index (χ2v) is 3.56. The summed E-state index contributed by atoms with van der Waals surface area (Å²) in [6.07, 6.45) is 6.08. The molecule has 0 unspecified atom stereocenters. The largest absolute Gasteiger partial charge is 0.346 e. The summed E-state index contributed by atoms with van der Waals surface area (Å²) in [5, 5.41) is 2.50. The first-order valence-corrected chi connectivity index (χ1v) is 4.28. The van der Waals surface area contributed by atoms with Crippen molar-refractivity contribution in [2.24, 2.45) is 11.8 Å². The van der Waals surface area contributed by atoms with Crippen LogP contribution in [0.15, 0.2) is 0 Å². The summed E-state index contributed by atoms with van der Waals surface area (Å²) in [6.45, 7) is 2.87. The van der Waals surface area contributed by atoms with E-state index in [4.69, 9.17) is 0 Å². The van der Waals surface area contributed by atoms with Gasteiger partial charge in [0.1, 0.15) is 0 Å². The van der Waals surface area contributed by atoms with Gasteiger partial charge in [-0.2, -0.15) is 0 Å². The van der Waals surface area contributed by atoms with Crippen LogP contribution in [-0.2, 0) is 0 Å². The van der Waals surface area contributed by atoms with Crippen LogP contribution in [0.5, 0.6) is 0 Å². The molecule has 9 heavy (non-hydrogen) atoms. The van der Waals surface area contributed by atoms with Crippen molar-refractivity contribution < 1.29 is 5.32 Å². The third-order valence-electron chi connectivity index (χ3n) is 3.01. The molecule has 52 valence electrons. The maximum Gasteiger partial charge on any atom is 0.0788 e. The zero-order valence-corrected chi connectivity index (χ0v) is 5.97. The lowest BCUT2D eigenvalue weighted by Crippen LogP contribution is -2.81. The van der Waals surface area contributed by atoms with Crippen LogP contribution in [0, 0.1) is 11.8 Å². The number of fused-ring (bicyclic) bond motifs is 1. The van der Waals surface area contributed by atoms with Gasteiger partial charge in [0, 0.05) is 11.8 Å². The van der Waals surface area contributed by atoms with Crippen molar-refractivity contribution in [1.29, 1.82) is 0 Å². The normalized spacial score (nSPS) is 42.7. The van der Waals surface area contributed by atoms with Crippen molar-refractivity contribution in [2.45, 2.75) is 25.7 Å². The number of quaternary nitrogens is 1. The van der Waals surface area contributed by atoms with Gasteiger partial charge in [-0.05, 0) is 12.8 Å². The predicted octanol–water partition coefficient (Wildman–Crippen LogP) is 0.370. The molecule has 1 heteroatoms. The predicted molar refractivity (Wildman–Crippen MR) is 37.1 cm³/mol. The highest BCUT2D eigenvalue weighted by Crippen LogP contribution is 2.29. The molecular weight excluding hydrogens is 110 g/mol. The van der Waals surface area contributed by atoms with E-state index in [1.807, 2.05) is 0 Å². The summed E-state index contributed by atoms with van der Waals surface area (Å²) in [6, 6.07) is 0. The monoisotopic (exact) mass is 126 g/mol. The molecule has 2 N–H and O–H groups in total. The standard InChI is InChI=1S/C8H15N/c1-2-4-8-6-9-5-7(8)3-1/h7-9H,1-6H2/p+1/t7-,8+. The van der Waals surface area contributed by atoms with Crippen LogP contribution in [0.1, 0.15) is 25.7 Å². The minimum Gasteiger partial charge on any atom is -0.346 e. The number of nitrogens with two attached hydrogens (primary N) is 1. The lowest BCUT2D eigenvalue weighted by Gasteiger charge is -2.20. The average molecular weight is 126 g/mol. The van der Waals surface area contributed by atoms with Crippen LogP contribution in [0.4, 0.5) is 0 Å². The third kappa shape index (κ3) is 0.983. The van der Waals surface area contributed by atoms with E-state index in [2.05, 4.69) is 5.32 Å². The molecule has 0 spiro atoms. The van der Waals surface area contributed by atoms with E-state index < -0.39 is 0 Å². The van der Waals surface area contributed by atoms with Crippen LogP contribution >= 0.6 is 0 Å². The summed E-state index contributed by atoms with van der Waals surface area (Å²) < 4.78 is 0. The van der Waals surface area contributed by atoms with Gasteiger partial charge in [-0.15, -0.1) is 0 Å². The van der Waals surface area contributed by atoms with Gasteiger partial charge in [-0.25, -0.2) is 0 Å².